The van der Waals surface area contributed by atoms with Crippen molar-refractivity contribution in [3.63, 3.8) is 0 Å². The second-order valence-corrected chi connectivity index (χ2v) is 5.14. The van der Waals surface area contributed by atoms with Gasteiger partial charge in [0.2, 0.25) is 0 Å². The van der Waals surface area contributed by atoms with E-state index in [0.29, 0.717) is 17.9 Å². The summed E-state index contributed by atoms with van der Waals surface area (Å²) >= 11 is 0. The Kier molecular flexibility index (Phi) is 6.22. The molecule has 20 heavy (non-hydrogen) atoms. The first-order valence-electron chi connectivity index (χ1n) is 6.95. The molecule has 0 saturated heterocycles. The zero-order chi connectivity index (χ0) is 15.1. The summed E-state index contributed by atoms with van der Waals surface area (Å²) in [5.41, 5.74) is 1.81. The maximum absolute atomic E-state index is 12.1. The predicted octanol–water partition coefficient (Wildman–Crippen LogP) is 2.88. The van der Waals surface area contributed by atoms with Crippen LogP contribution in [0.15, 0.2) is 24.3 Å². The normalized spacial score (nSPS) is 12.1. The Balaban J connectivity index is 2.67. The second-order valence-electron chi connectivity index (χ2n) is 5.14. The molecular weight excluding hydrogens is 254 g/mol. The maximum Gasteiger partial charge on any atom is 0.307 e. The van der Waals surface area contributed by atoms with Crippen molar-refractivity contribution in [2.24, 2.45) is 0 Å². The van der Waals surface area contributed by atoms with E-state index in [2.05, 4.69) is 23.9 Å². The third-order valence-corrected chi connectivity index (χ3v) is 3.31. The van der Waals surface area contributed by atoms with E-state index in [1.54, 1.807) is 0 Å². The molecule has 1 N–H and O–H groups in total. The summed E-state index contributed by atoms with van der Waals surface area (Å²) in [6, 6.07) is 7.35. The molecule has 1 amide bonds. The number of esters is 1. The Morgan fingerprint density at radius 2 is 1.80 bits per heavy atom. The minimum atomic E-state index is -0.313. The number of nitrogens with one attached hydrogen (secondary N) is 1. The van der Waals surface area contributed by atoms with Crippen LogP contribution < -0.4 is 5.32 Å². The molecule has 1 aromatic rings. The Morgan fingerprint density at radius 3 is 2.25 bits per heavy atom. The molecule has 0 heterocycles. The van der Waals surface area contributed by atoms with E-state index in [1.165, 1.54) is 12.7 Å². The van der Waals surface area contributed by atoms with Crippen LogP contribution in [0.2, 0.25) is 0 Å². The summed E-state index contributed by atoms with van der Waals surface area (Å²) in [6.45, 7) is 6.15. The highest BCUT2D eigenvalue weighted by Gasteiger charge is 2.16. The maximum atomic E-state index is 12.1. The zero-order valence-corrected chi connectivity index (χ0v) is 12.6. The molecule has 0 aliphatic carbocycles. The van der Waals surface area contributed by atoms with Gasteiger partial charge in [0.15, 0.2) is 0 Å². The van der Waals surface area contributed by atoms with E-state index in [0.717, 1.165) is 0 Å². The van der Waals surface area contributed by atoms with Crippen LogP contribution in [0.4, 0.5) is 0 Å². The summed E-state index contributed by atoms with van der Waals surface area (Å²) in [7, 11) is 1.35. The number of hydrogen-bond acceptors (Lipinski definition) is 3. The topological polar surface area (TPSA) is 55.4 Å². The number of methoxy groups -OCH3 is 1. The number of ether oxygens (including phenoxy) is 1. The van der Waals surface area contributed by atoms with Gasteiger partial charge in [0.1, 0.15) is 0 Å². The molecule has 1 aromatic carbocycles. The van der Waals surface area contributed by atoms with Crippen molar-refractivity contribution in [2.75, 3.05) is 7.11 Å². The Morgan fingerprint density at radius 1 is 1.20 bits per heavy atom. The van der Waals surface area contributed by atoms with Crippen LogP contribution in [0.5, 0.6) is 0 Å². The lowest BCUT2D eigenvalue weighted by Gasteiger charge is -2.16. The largest absolute Gasteiger partial charge is 0.469 e. The van der Waals surface area contributed by atoms with Gasteiger partial charge in [-0.2, -0.15) is 0 Å². The van der Waals surface area contributed by atoms with Gasteiger partial charge in [0.05, 0.1) is 13.5 Å². The minimum absolute atomic E-state index is 0.156. The lowest BCUT2D eigenvalue weighted by atomic mass is 10.0. The Hall–Kier alpha value is -1.84. The van der Waals surface area contributed by atoms with Crippen LogP contribution in [-0.4, -0.2) is 25.0 Å². The van der Waals surface area contributed by atoms with Crippen molar-refractivity contribution in [3.8, 4) is 0 Å². The molecule has 0 fully saturated rings. The second kappa shape index (κ2) is 7.68. The van der Waals surface area contributed by atoms with E-state index >= 15 is 0 Å². The van der Waals surface area contributed by atoms with Crippen LogP contribution in [-0.2, 0) is 9.53 Å². The molecule has 0 aromatic heterocycles. The van der Waals surface area contributed by atoms with Crippen molar-refractivity contribution in [1.82, 2.24) is 5.32 Å². The summed E-state index contributed by atoms with van der Waals surface area (Å²) in [5, 5.41) is 2.86. The fraction of sp³-hybridized carbons (Fsp3) is 0.500. The summed E-state index contributed by atoms with van der Waals surface area (Å²) < 4.78 is 4.62. The molecule has 0 bridgehead atoms. The number of benzene rings is 1. The van der Waals surface area contributed by atoms with Gasteiger partial charge < -0.3 is 10.1 Å². The van der Waals surface area contributed by atoms with Gasteiger partial charge in [-0.3, -0.25) is 9.59 Å². The van der Waals surface area contributed by atoms with Gasteiger partial charge in [-0.05, 0) is 30.0 Å². The Bertz CT molecular complexity index is 451. The molecule has 4 heteroatoms. The van der Waals surface area contributed by atoms with Crippen molar-refractivity contribution in [3.05, 3.63) is 35.4 Å². The summed E-state index contributed by atoms with van der Waals surface area (Å²) in [5.74, 6) is -0.0295. The molecule has 0 saturated carbocycles. The number of amides is 1. The quantitative estimate of drug-likeness (QED) is 0.813. The monoisotopic (exact) mass is 277 g/mol. The molecule has 1 unspecified atom stereocenters. The van der Waals surface area contributed by atoms with Crippen molar-refractivity contribution < 1.29 is 14.3 Å². The molecule has 4 nitrogen and oxygen atoms in total. The van der Waals surface area contributed by atoms with Gasteiger partial charge in [0, 0.05) is 11.6 Å². The number of rotatable bonds is 6. The third kappa shape index (κ3) is 4.68. The fourth-order valence-electron chi connectivity index (χ4n) is 1.87. The molecule has 0 radical (unpaired) electrons. The first-order valence-corrected chi connectivity index (χ1v) is 6.95. The minimum Gasteiger partial charge on any atom is -0.469 e. The third-order valence-electron chi connectivity index (χ3n) is 3.31. The lowest BCUT2D eigenvalue weighted by molar-refractivity contribution is -0.141. The van der Waals surface area contributed by atoms with Gasteiger partial charge in [-0.25, -0.2) is 0 Å². The molecule has 0 spiro atoms. The Labute approximate surface area is 120 Å². The van der Waals surface area contributed by atoms with Crippen LogP contribution in [0.1, 0.15) is 55.5 Å². The van der Waals surface area contributed by atoms with Crippen LogP contribution in [0.3, 0.4) is 0 Å². The van der Waals surface area contributed by atoms with E-state index in [-0.39, 0.29) is 24.3 Å². The van der Waals surface area contributed by atoms with Gasteiger partial charge in [-0.1, -0.05) is 32.9 Å². The lowest BCUT2D eigenvalue weighted by Crippen LogP contribution is -2.36. The van der Waals surface area contributed by atoms with Crippen LogP contribution in [0, 0.1) is 0 Å². The highest BCUT2D eigenvalue weighted by molar-refractivity contribution is 5.94. The fourth-order valence-corrected chi connectivity index (χ4v) is 1.87. The number of hydrogen-bond donors (Lipinski definition) is 1. The molecule has 110 valence electrons. The van der Waals surface area contributed by atoms with Crippen LogP contribution in [0.25, 0.3) is 0 Å². The van der Waals surface area contributed by atoms with E-state index in [9.17, 15) is 9.59 Å². The molecule has 1 rings (SSSR count). The zero-order valence-electron chi connectivity index (χ0n) is 12.6. The molecule has 0 aliphatic rings. The van der Waals surface area contributed by atoms with E-state index < -0.39 is 0 Å². The number of carbonyl (C=O) groups excluding carboxylic acids is 2. The summed E-state index contributed by atoms with van der Waals surface area (Å²) in [6.07, 6.45) is 0.883. The van der Waals surface area contributed by atoms with E-state index in [1.807, 2.05) is 31.2 Å². The first kappa shape index (κ1) is 16.2. The number of carbonyl (C=O) groups is 2. The highest BCUT2D eigenvalue weighted by Crippen LogP contribution is 2.15. The van der Waals surface area contributed by atoms with Crippen LogP contribution >= 0.6 is 0 Å². The van der Waals surface area contributed by atoms with Crippen molar-refractivity contribution >= 4 is 11.9 Å². The smallest absolute Gasteiger partial charge is 0.307 e. The van der Waals surface area contributed by atoms with Crippen molar-refractivity contribution in [2.45, 2.75) is 45.6 Å². The van der Waals surface area contributed by atoms with Gasteiger partial charge in [0.25, 0.3) is 5.91 Å². The average Bonchev–Trinajstić information content (AvgIpc) is 2.46. The SMILES string of the molecule is CCC(CC(=O)OC)NC(=O)c1ccc(C(C)C)cc1. The first-order chi connectivity index (χ1) is 9.47. The standard InChI is InChI=1S/C16H23NO3/c1-5-14(10-15(18)20-4)17-16(19)13-8-6-12(7-9-13)11(2)3/h6-9,11,14H,5,10H2,1-4H3,(H,17,19). The highest BCUT2D eigenvalue weighted by atomic mass is 16.5. The van der Waals surface area contributed by atoms with Gasteiger partial charge in [-0.15, -0.1) is 0 Å². The average molecular weight is 277 g/mol. The predicted molar refractivity (Wildman–Crippen MR) is 78.7 cm³/mol. The molecule has 0 aliphatic heterocycles. The van der Waals surface area contributed by atoms with E-state index in [4.69, 9.17) is 0 Å². The summed E-state index contributed by atoms with van der Waals surface area (Å²) in [4.78, 5) is 23.3. The molecular formula is C16H23NO3. The molecule has 1 atom stereocenters. The van der Waals surface area contributed by atoms with Crippen molar-refractivity contribution in [1.29, 1.82) is 0 Å². The van der Waals surface area contributed by atoms with Gasteiger partial charge >= 0.3 is 5.97 Å².